The van der Waals surface area contributed by atoms with E-state index in [1.807, 2.05) is 0 Å². The van der Waals surface area contributed by atoms with Crippen molar-refractivity contribution in [2.45, 2.75) is 38.2 Å². The van der Waals surface area contributed by atoms with Gasteiger partial charge in [0.05, 0.1) is 6.10 Å². The van der Waals surface area contributed by atoms with E-state index in [0.29, 0.717) is 6.54 Å². The molecule has 96 valence electrons. The minimum absolute atomic E-state index is 0.0239. The van der Waals surface area contributed by atoms with E-state index in [2.05, 4.69) is 16.6 Å². The van der Waals surface area contributed by atoms with Gasteiger partial charge in [0.1, 0.15) is 6.61 Å². The first kappa shape index (κ1) is 14.0. The fraction of sp³-hybridized carbons (Fsp3) is 0.769. The summed E-state index contributed by atoms with van der Waals surface area (Å²) in [5.74, 6) is 2.56. The van der Waals surface area contributed by atoms with Crippen LogP contribution in [0.5, 0.6) is 0 Å². The summed E-state index contributed by atoms with van der Waals surface area (Å²) in [6.07, 6.45) is 10.0. The van der Waals surface area contributed by atoms with Crippen molar-refractivity contribution in [2.24, 2.45) is 0 Å². The molecule has 1 fully saturated rings. The minimum atomic E-state index is -0.0239. The monoisotopic (exact) mass is 238 g/mol. The molecule has 1 aliphatic rings. The molecule has 0 aliphatic carbocycles. The summed E-state index contributed by atoms with van der Waals surface area (Å²) in [5, 5.41) is 6.09. The summed E-state index contributed by atoms with van der Waals surface area (Å²) >= 11 is 0. The summed E-state index contributed by atoms with van der Waals surface area (Å²) in [6, 6.07) is 0. The lowest BCUT2D eigenvalue weighted by Gasteiger charge is -2.22. The molecule has 0 unspecified atom stereocenters. The van der Waals surface area contributed by atoms with Gasteiger partial charge < -0.3 is 15.4 Å². The second-order valence-electron chi connectivity index (χ2n) is 4.27. The van der Waals surface area contributed by atoms with E-state index in [4.69, 9.17) is 11.2 Å². The molecule has 4 heteroatoms. The molecule has 0 aromatic rings. The standard InChI is InChI=1S/C13H22N2O2/c1-2-3-4-5-8-15-13(16)11-17-12-6-9-14-10-7-12/h1,12,14H,3-11H2,(H,15,16). The molecule has 17 heavy (non-hydrogen) atoms. The third-order valence-corrected chi connectivity index (χ3v) is 2.81. The Hall–Kier alpha value is -1.05. The molecule has 0 spiro atoms. The van der Waals surface area contributed by atoms with Crippen molar-refractivity contribution in [1.29, 1.82) is 0 Å². The van der Waals surface area contributed by atoms with Gasteiger partial charge in [-0.25, -0.2) is 0 Å². The van der Waals surface area contributed by atoms with Crippen LogP contribution in [0.2, 0.25) is 0 Å². The highest BCUT2D eigenvalue weighted by atomic mass is 16.5. The Morgan fingerprint density at radius 3 is 2.88 bits per heavy atom. The molecule has 0 saturated carbocycles. The molecule has 1 rings (SSSR count). The molecule has 1 aliphatic heterocycles. The summed E-state index contributed by atoms with van der Waals surface area (Å²) < 4.78 is 5.54. The summed E-state index contributed by atoms with van der Waals surface area (Å²) in [5.41, 5.74) is 0. The summed E-state index contributed by atoms with van der Waals surface area (Å²) in [6.45, 7) is 2.84. The number of unbranched alkanes of at least 4 members (excludes halogenated alkanes) is 2. The van der Waals surface area contributed by atoms with Crippen LogP contribution in [-0.2, 0) is 9.53 Å². The van der Waals surface area contributed by atoms with Crippen LogP contribution in [0, 0.1) is 12.3 Å². The van der Waals surface area contributed by atoms with Crippen LogP contribution in [0.3, 0.4) is 0 Å². The quantitative estimate of drug-likeness (QED) is 0.506. The van der Waals surface area contributed by atoms with Crippen molar-refractivity contribution in [3.63, 3.8) is 0 Å². The SMILES string of the molecule is C#CCCCCNC(=O)COC1CCNCC1. The second kappa shape index (κ2) is 9.03. The van der Waals surface area contributed by atoms with Gasteiger partial charge in [-0.05, 0) is 38.8 Å². The largest absolute Gasteiger partial charge is 0.368 e. The van der Waals surface area contributed by atoms with Crippen LogP contribution in [0.1, 0.15) is 32.1 Å². The van der Waals surface area contributed by atoms with Gasteiger partial charge in [-0.2, -0.15) is 0 Å². The van der Waals surface area contributed by atoms with Crippen molar-refractivity contribution < 1.29 is 9.53 Å². The Kier molecular flexibility index (Phi) is 7.44. The van der Waals surface area contributed by atoms with Crippen LogP contribution >= 0.6 is 0 Å². The van der Waals surface area contributed by atoms with Gasteiger partial charge in [-0.15, -0.1) is 12.3 Å². The highest BCUT2D eigenvalue weighted by molar-refractivity contribution is 5.77. The first-order chi connectivity index (χ1) is 8.33. The van der Waals surface area contributed by atoms with Crippen LogP contribution in [0.15, 0.2) is 0 Å². The topological polar surface area (TPSA) is 50.4 Å². The zero-order valence-electron chi connectivity index (χ0n) is 10.3. The Labute approximate surface area is 103 Å². The van der Waals surface area contributed by atoms with Gasteiger partial charge in [-0.3, -0.25) is 4.79 Å². The molecule has 1 heterocycles. The Balaban J connectivity index is 1.95. The number of terminal acetylenes is 1. The van der Waals surface area contributed by atoms with Crippen molar-refractivity contribution in [2.75, 3.05) is 26.2 Å². The number of hydrogen-bond donors (Lipinski definition) is 2. The van der Waals surface area contributed by atoms with Crippen LogP contribution in [0.25, 0.3) is 0 Å². The third kappa shape index (κ3) is 6.98. The number of ether oxygens (including phenoxy) is 1. The van der Waals surface area contributed by atoms with Crippen LogP contribution in [-0.4, -0.2) is 38.3 Å². The van der Waals surface area contributed by atoms with E-state index in [1.54, 1.807) is 0 Å². The maximum absolute atomic E-state index is 11.4. The first-order valence-corrected chi connectivity index (χ1v) is 6.35. The Morgan fingerprint density at radius 2 is 2.18 bits per heavy atom. The van der Waals surface area contributed by atoms with Gasteiger partial charge >= 0.3 is 0 Å². The highest BCUT2D eigenvalue weighted by Gasteiger charge is 2.14. The van der Waals surface area contributed by atoms with Crippen molar-refractivity contribution in [3.8, 4) is 12.3 Å². The van der Waals surface area contributed by atoms with Gasteiger partial charge in [0.25, 0.3) is 0 Å². The second-order valence-corrected chi connectivity index (χ2v) is 4.27. The Bertz CT molecular complexity index is 255. The summed E-state index contributed by atoms with van der Waals surface area (Å²) in [4.78, 5) is 11.4. The molecule has 1 saturated heterocycles. The maximum atomic E-state index is 11.4. The maximum Gasteiger partial charge on any atom is 0.246 e. The molecule has 0 aromatic carbocycles. The average molecular weight is 238 g/mol. The normalized spacial score (nSPS) is 16.4. The fourth-order valence-electron chi connectivity index (χ4n) is 1.79. The van der Waals surface area contributed by atoms with Gasteiger partial charge in [0, 0.05) is 13.0 Å². The lowest BCUT2D eigenvalue weighted by Crippen LogP contribution is -2.36. The Morgan fingerprint density at radius 1 is 1.41 bits per heavy atom. The number of rotatable bonds is 7. The third-order valence-electron chi connectivity index (χ3n) is 2.81. The first-order valence-electron chi connectivity index (χ1n) is 6.35. The number of piperidine rings is 1. The molecular weight excluding hydrogens is 216 g/mol. The smallest absolute Gasteiger partial charge is 0.246 e. The van der Waals surface area contributed by atoms with Crippen LogP contribution in [0.4, 0.5) is 0 Å². The predicted molar refractivity (Wildman–Crippen MR) is 67.5 cm³/mol. The molecule has 4 nitrogen and oxygen atoms in total. The van der Waals surface area contributed by atoms with E-state index >= 15 is 0 Å². The predicted octanol–water partition coefficient (Wildman–Crippen LogP) is 0.675. The number of amides is 1. The fourth-order valence-corrected chi connectivity index (χ4v) is 1.79. The molecule has 0 aromatic heterocycles. The van der Waals surface area contributed by atoms with Crippen molar-refractivity contribution in [1.82, 2.24) is 10.6 Å². The molecule has 0 radical (unpaired) electrons. The van der Waals surface area contributed by atoms with E-state index in [1.165, 1.54) is 0 Å². The van der Waals surface area contributed by atoms with Gasteiger partial charge in [0.2, 0.25) is 5.91 Å². The average Bonchev–Trinajstić information content (AvgIpc) is 2.37. The lowest BCUT2D eigenvalue weighted by molar-refractivity contribution is -0.128. The highest BCUT2D eigenvalue weighted by Crippen LogP contribution is 2.06. The molecule has 1 amide bonds. The number of nitrogens with one attached hydrogen (secondary N) is 2. The van der Waals surface area contributed by atoms with Crippen LogP contribution < -0.4 is 10.6 Å². The zero-order valence-corrected chi connectivity index (χ0v) is 10.3. The zero-order chi connectivity index (χ0) is 12.3. The van der Waals surface area contributed by atoms with E-state index < -0.39 is 0 Å². The molecular formula is C13H22N2O2. The minimum Gasteiger partial charge on any atom is -0.368 e. The number of hydrogen-bond acceptors (Lipinski definition) is 3. The van der Waals surface area contributed by atoms with Gasteiger partial charge in [0.15, 0.2) is 0 Å². The molecule has 2 N–H and O–H groups in total. The number of carbonyl (C=O) groups excluding carboxylic acids is 1. The molecule has 0 bridgehead atoms. The lowest BCUT2D eigenvalue weighted by atomic mass is 10.1. The van der Waals surface area contributed by atoms with E-state index in [-0.39, 0.29) is 18.6 Å². The molecule has 0 atom stereocenters. The van der Waals surface area contributed by atoms with Crippen molar-refractivity contribution in [3.05, 3.63) is 0 Å². The van der Waals surface area contributed by atoms with E-state index in [9.17, 15) is 4.79 Å². The number of carbonyl (C=O) groups is 1. The van der Waals surface area contributed by atoms with Gasteiger partial charge in [-0.1, -0.05) is 0 Å². The van der Waals surface area contributed by atoms with Crippen molar-refractivity contribution >= 4 is 5.91 Å². The van der Waals surface area contributed by atoms with E-state index in [0.717, 1.165) is 45.2 Å². The summed E-state index contributed by atoms with van der Waals surface area (Å²) in [7, 11) is 0.